The number of anilines is 1. The molecule has 0 unspecified atom stereocenters. The molecule has 1 heterocycles. The van der Waals surface area contributed by atoms with E-state index in [1.165, 1.54) is 17.7 Å². The van der Waals surface area contributed by atoms with E-state index in [0.717, 1.165) is 17.7 Å². The van der Waals surface area contributed by atoms with Gasteiger partial charge >= 0.3 is 0 Å². The zero-order valence-electron chi connectivity index (χ0n) is 14.3. The summed E-state index contributed by atoms with van der Waals surface area (Å²) in [6.07, 6.45) is 2.40. The molecule has 1 aromatic heterocycles. The van der Waals surface area contributed by atoms with Crippen molar-refractivity contribution >= 4 is 11.6 Å². The highest BCUT2D eigenvalue weighted by molar-refractivity contribution is 5.92. The number of halogens is 1. The number of amides is 1. The first-order valence-electron chi connectivity index (χ1n) is 8.47. The summed E-state index contributed by atoms with van der Waals surface area (Å²) >= 11 is 0. The van der Waals surface area contributed by atoms with Crippen LogP contribution in [0.15, 0.2) is 72.9 Å². The van der Waals surface area contributed by atoms with Crippen molar-refractivity contribution in [1.82, 2.24) is 10.3 Å². The van der Waals surface area contributed by atoms with E-state index in [4.69, 9.17) is 0 Å². The summed E-state index contributed by atoms with van der Waals surface area (Å²) < 4.78 is 12.9. The first-order chi connectivity index (χ1) is 12.7. The molecule has 3 aromatic rings. The van der Waals surface area contributed by atoms with Crippen molar-refractivity contribution in [1.29, 1.82) is 0 Å². The lowest BCUT2D eigenvalue weighted by molar-refractivity contribution is 0.0949. The van der Waals surface area contributed by atoms with Crippen molar-refractivity contribution in [2.45, 2.75) is 13.0 Å². The zero-order chi connectivity index (χ0) is 18.2. The van der Waals surface area contributed by atoms with Crippen LogP contribution in [0.3, 0.4) is 0 Å². The van der Waals surface area contributed by atoms with E-state index in [9.17, 15) is 9.18 Å². The van der Waals surface area contributed by atoms with Crippen molar-refractivity contribution in [3.8, 4) is 0 Å². The van der Waals surface area contributed by atoms with Crippen LogP contribution in [0.4, 0.5) is 10.1 Å². The number of nitrogens with zero attached hydrogens (tertiary/aromatic N) is 1. The van der Waals surface area contributed by atoms with Gasteiger partial charge in [0.2, 0.25) is 0 Å². The van der Waals surface area contributed by atoms with E-state index in [1.54, 1.807) is 24.4 Å². The highest BCUT2D eigenvalue weighted by Crippen LogP contribution is 2.10. The minimum absolute atomic E-state index is 0.189. The molecule has 3 rings (SSSR count). The second-order valence-corrected chi connectivity index (χ2v) is 5.90. The molecule has 0 aliphatic rings. The normalized spacial score (nSPS) is 10.3. The van der Waals surface area contributed by atoms with Crippen molar-refractivity contribution < 1.29 is 9.18 Å². The highest BCUT2D eigenvalue weighted by Gasteiger charge is 2.06. The monoisotopic (exact) mass is 349 g/mol. The van der Waals surface area contributed by atoms with Gasteiger partial charge in [-0.3, -0.25) is 4.79 Å². The first kappa shape index (κ1) is 17.6. The van der Waals surface area contributed by atoms with Crippen LogP contribution in [0.5, 0.6) is 0 Å². The van der Waals surface area contributed by atoms with Gasteiger partial charge in [-0.2, -0.15) is 0 Å². The van der Waals surface area contributed by atoms with Gasteiger partial charge in [-0.25, -0.2) is 9.37 Å². The Morgan fingerprint density at radius 1 is 0.923 bits per heavy atom. The molecule has 0 radical (unpaired) electrons. The Bertz CT molecular complexity index is 833. The summed E-state index contributed by atoms with van der Waals surface area (Å²) in [4.78, 5) is 16.3. The van der Waals surface area contributed by atoms with Crippen molar-refractivity contribution in [2.75, 3.05) is 11.9 Å². The summed E-state index contributed by atoms with van der Waals surface area (Å²) in [6.45, 7) is 1.12. The van der Waals surface area contributed by atoms with Crippen LogP contribution < -0.4 is 10.6 Å². The van der Waals surface area contributed by atoms with E-state index in [-0.39, 0.29) is 11.7 Å². The van der Waals surface area contributed by atoms with Gasteiger partial charge in [0.1, 0.15) is 11.5 Å². The maximum atomic E-state index is 12.9. The third-order valence-corrected chi connectivity index (χ3v) is 3.95. The minimum Gasteiger partial charge on any atom is -0.380 e. The Hall–Kier alpha value is -3.21. The number of hydrogen-bond donors (Lipinski definition) is 2. The molecule has 0 aliphatic carbocycles. The smallest absolute Gasteiger partial charge is 0.269 e. The fourth-order valence-electron chi connectivity index (χ4n) is 2.49. The van der Waals surface area contributed by atoms with Crippen LogP contribution in [0.1, 0.15) is 21.6 Å². The molecule has 4 nitrogen and oxygen atoms in total. The number of rotatable bonds is 7. The van der Waals surface area contributed by atoms with Crippen LogP contribution in [-0.4, -0.2) is 17.4 Å². The number of hydrogen-bond acceptors (Lipinski definition) is 3. The van der Waals surface area contributed by atoms with Crippen LogP contribution in [0, 0.1) is 5.82 Å². The molecule has 0 saturated carbocycles. The predicted octanol–water partition coefficient (Wildman–Crippen LogP) is 3.81. The number of carbonyl (C=O) groups is 1. The average Bonchev–Trinajstić information content (AvgIpc) is 2.69. The second-order valence-electron chi connectivity index (χ2n) is 5.90. The van der Waals surface area contributed by atoms with Crippen LogP contribution >= 0.6 is 0 Å². The Morgan fingerprint density at radius 2 is 1.69 bits per heavy atom. The number of pyridine rings is 1. The fourth-order valence-corrected chi connectivity index (χ4v) is 2.49. The highest BCUT2D eigenvalue weighted by atomic mass is 19.1. The molecule has 0 aliphatic heterocycles. The zero-order valence-corrected chi connectivity index (χ0v) is 14.3. The van der Waals surface area contributed by atoms with Gasteiger partial charge in [-0.15, -0.1) is 0 Å². The second kappa shape index (κ2) is 8.76. The lowest BCUT2D eigenvalue weighted by atomic mass is 10.1. The Kier molecular flexibility index (Phi) is 5.93. The molecule has 0 saturated heterocycles. The molecule has 1 amide bonds. The molecule has 132 valence electrons. The van der Waals surface area contributed by atoms with Gasteiger partial charge in [-0.1, -0.05) is 42.5 Å². The standard InChI is InChI=1S/C21H20FN3O/c22-18-8-6-17(7-9-18)14-24-19-10-11-20(25-15-19)21(26)23-13-12-16-4-2-1-3-5-16/h1-11,15,24H,12-14H2,(H,23,26). The molecule has 26 heavy (non-hydrogen) atoms. The molecule has 0 spiro atoms. The van der Waals surface area contributed by atoms with E-state index < -0.39 is 0 Å². The molecule has 0 atom stereocenters. The van der Waals surface area contributed by atoms with E-state index in [2.05, 4.69) is 15.6 Å². The van der Waals surface area contributed by atoms with Crippen molar-refractivity contribution in [3.63, 3.8) is 0 Å². The topological polar surface area (TPSA) is 54.0 Å². The Balaban J connectivity index is 1.47. The Morgan fingerprint density at radius 3 is 2.38 bits per heavy atom. The van der Waals surface area contributed by atoms with E-state index in [1.807, 2.05) is 36.4 Å². The molecule has 0 fully saturated rings. The van der Waals surface area contributed by atoms with Crippen LogP contribution in [0.2, 0.25) is 0 Å². The molecule has 0 bridgehead atoms. The summed E-state index contributed by atoms with van der Waals surface area (Å²) in [5.74, 6) is -0.441. The molecule has 2 N–H and O–H groups in total. The molecular weight excluding hydrogens is 329 g/mol. The molecule has 5 heteroatoms. The number of nitrogens with one attached hydrogen (secondary N) is 2. The van der Waals surface area contributed by atoms with Crippen molar-refractivity contribution in [3.05, 3.63) is 95.6 Å². The average molecular weight is 349 g/mol. The molecule has 2 aromatic carbocycles. The fraction of sp³-hybridized carbons (Fsp3) is 0.143. The van der Waals surface area contributed by atoms with E-state index >= 15 is 0 Å². The Labute approximate surface area is 152 Å². The lowest BCUT2D eigenvalue weighted by Gasteiger charge is -2.08. The lowest BCUT2D eigenvalue weighted by Crippen LogP contribution is -2.26. The van der Waals surface area contributed by atoms with Gasteiger partial charge in [0.25, 0.3) is 5.91 Å². The van der Waals surface area contributed by atoms with Gasteiger partial charge < -0.3 is 10.6 Å². The SMILES string of the molecule is O=C(NCCc1ccccc1)c1ccc(NCc2ccc(F)cc2)cn1. The quantitative estimate of drug-likeness (QED) is 0.682. The van der Waals surface area contributed by atoms with E-state index in [0.29, 0.717) is 18.8 Å². The van der Waals surface area contributed by atoms with Crippen LogP contribution in [-0.2, 0) is 13.0 Å². The maximum Gasteiger partial charge on any atom is 0.269 e. The van der Waals surface area contributed by atoms with Gasteiger partial charge in [0, 0.05) is 13.1 Å². The third kappa shape index (κ3) is 5.14. The van der Waals surface area contributed by atoms with Crippen LogP contribution in [0.25, 0.3) is 0 Å². The maximum absolute atomic E-state index is 12.9. The number of benzene rings is 2. The summed E-state index contributed by atoms with van der Waals surface area (Å²) in [7, 11) is 0. The summed E-state index contributed by atoms with van der Waals surface area (Å²) in [5, 5.41) is 6.07. The third-order valence-electron chi connectivity index (χ3n) is 3.95. The summed E-state index contributed by atoms with van der Waals surface area (Å²) in [6, 6.07) is 19.8. The predicted molar refractivity (Wildman–Crippen MR) is 100 cm³/mol. The minimum atomic E-state index is -0.252. The molecular formula is C21H20FN3O. The number of aromatic nitrogens is 1. The first-order valence-corrected chi connectivity index (χ1v) is 8.47. The van der Waals surface area contributed by atoms with Crippen molar-refractivity contribution in [2.24, 2.45) is 0 Å². The number of carbonyl (C=O) groups excluding carboxylic acids is 1. The largest absolute Gasteiger partial charge is 0.380 e. The van der Waals surface area contributed by atoms with Gasteiger partial charge in [0.05, 0.1) is 11.9 Å². The van der Waals surface area contributed by atoms with Gasteiger partial charge in [-0.05, 0) is 41.8 Å². The summed E-state index contributed by atoms with van der Waals surface area (Å²) in [5.41, 5.74) is 3.33. The van der Waals surface area contributed by atoms with Gasteiger partial charge in [0.15, 0.2) is 0 Å².